The highest BCUT2D eigenvalue weighted by molar-refractivity contribution is 5.91. The largest absolute Gasteiger partial charge is 0.493 e. The molecule has 0 fully saturated rings. The Morgan fingerprint density at radius 1 is 1.24 bits per heavy atom. The van der Waals surface area contributed by atoms with Crippen molar-refractivity contribution in [2.75, 3.05) is 7.11 Å². The Labute approximate surface area is 122 Å². The summed E-state index contributed by atoms with van der Waals surface area (Å²) in [6.45, 7) is 0.280. The Morgan fingerprint density at radius 2 is 1.95 bits per heavy atom. The standard InChI is InChI=1S/C16H13NO4/c1-20-14-7-12(9-17)13(16(18)19)8-15(14)21-10-11-5-3-2-4-6-11/h2-8H,10H2,1H3,(H,18,19). The molecule has 0 spiro atoms. The summed E-state index contributed by atoms with van der Waals surface area (Å²) in [6.07, 6.45) is 0. The van der Waals surface area contributed by atoms with Crippen LogP contribution >= 0.6 is 0 Å². The molecular formula is C16H13NO4. The fraction of sp³-hybridized carbons (Fsp3) is 0.125. The van der Waals surface area contributed by atoms with Crippen molar-refractivity contribution < 1.29 is 19.4 Å². The van der Waals surface area contributed by atoms with E-state index in [4.69, 9.17) is 19.8 Å². The van der Waals surface area contributed by atoms with Crippen molar-refractivity contribution >= 4 is 5.97 Å². The zero-order valence-electron chi connectivity index (χ0n) is 11.4. The minimum Gasteiger partial charge on any atom is -0.493 e. The molecule has 0 unspecified atom stereocenters. The predicted molar refractivity (Wildman–Crippen MR) is 75.4 cm³/mol. The van der Waals surface area contributed by atoms with Crippen LogP contribution in [0, 0.1) is 11.3 Å². The molecule has 21 heavy (non-hydrogen) atoms. The number of carbonyl (C=O) groups is 1. The van der Waals surface area contributed by atoms with E-state index < -0.39 is 5.97 Å². The summed E-state index contributed by atoms with van der Waals surface area (Å²) in [5.74, 6) is -0.566. The molecular weight excluding hydrogens is 270 g/mol. The molecule has 0 atom stereocenters. The molecule has 0 aliphatic heterocycles. The highest BCUT2D eigenvalue weighted by Crippen LogP contribution is 2.31. The number of nitriles is 1. The lowest BCUT2D eigenvalue weighted by Crippen LogP contribution is -2.04. The minimum absolute atomic E-state index is 0.0337. The number of hydrogen-bond donors (Lipinski definition) is 1. The highest BCUT2D eigenvalue weighted by Gasteiger charge is 2.16. The Morgan fingerprint density at radius 3 is 2.52 bits per heavy atom. The van der Waals surface area contributed by atoms with Crippen LogP contribution in [0.3, 0.4) is 0 Å². The molecule has 1 N–H and O–H groups in total. The number of hydrogen-bond acceptors (Lipinski definition) is 4. The lowest BCUT2D eigenvalue weighted by atomic mass is 10.1. The summed E-state index contributed by atoms with van der Waals surface area (Å²) in [7, 11) is 1.44. The van der Waals surface area contributed by atoms with Gasteiger partial charge in [-0.1, -0.05) is 30.3 Å². The van der Waals surface area contributed by atoms with Crippen molar-refractivity contribution in [3.8, 4) is 17.6 Å². The lowest BCUT2D eigenvalue weighted by Gasteiger charge is -2.12. The number of benzene rings is 2. The van der Waals surface area contributed by atoms with E-state index in [0.717, 1.165) is 5.56 Å². The number of carboxylic acid groups (broad SMARTS) is 1. The van der Waals surface area contributed by atoms with Gasteiger partial charge in [0, 0.05) is 6.07 Å². The minimum atomic E-state index is -1.18. The van der Waals surface area contributed by atoms with E-state index in [-0.39, 0.29) is 23.5 Å². The van der Waals surface area contributed by atoms with Crippen LogP contribution in [0.2, 0.25) is 0 Å². The second-order valence-electron chi connectivity index (χ2n) is 4.24. The molecule has 0 radical (unpaired) electrons. The van der Waals surface area contributed by atoms with Crippen molar-refractivity contribution in [2.45, 2.75) is 6.61 Å². The maximum atomic E-state index is 11.2. The maximum Gasteiger partial charge on any atom is 0.337 e. The molecule has 5 heteroatoms. The zero-order chi connectivity index (χ0) is 15.2. The first kappa shape index (κ1) is 14.4. The van der Waals surface area contributed by atoms with Gasteiger partial charge in [0.1, 0.15) is 12.7 Å². The Kier molecular flexibility index (Phi) is 4.42. The fourth-order valence-corrected chi connectivity index (χ4v) is 1.84. The molecule has 0 aromatic heterocycles. The normalized spacial score (nSPS) is 9.71. The van der Waals surface area contributed by atoms with Gasteiger partial charge in [0.2, 0.25) is 0 Å². The number of aromatic carboxylic acids is 1. The van der Waals surface area contributed by atoms with Crippen LogP contribution in [0.5, 0.6) is 11.5 Å². The summed E-state index contributed by atoms with van der Waals surface area (Å²) < 4.78 is 10.7. The van der Waals surface area contributed by atoms with Crippen LogP contribution in [-0.4, -0.2) is 18.2 Å². The molecule has 106 valence electrons. The first-order valence-electron chi connectivity index (χ1n) is 6.18. The third-order valence-corrected chi connectivity index (χ3v) is 2.89. The molecule has 0 saturated heterocycles. The number of methoxy groups -OCH3 is 1. The monoisotopic (exact) mass is 283 g/mol. The lowest BCUT2D eigenvalue weighted by molar-refractivity contribution is 0.0696. The maximum absolute atomic E-state index is 11.2. The summed E-state index contributed by atoms with van der Waals surface area (Å²) in [5, 5.41) is 18.1. The van der Waals surface area contributed by atoms with E-state index in [1.807, 2.05) is 36.4 Å². The second-order valence-corrected chi connectivity index (χ2v) is 4.24. The van der Waals surface area contributed by atoms with Gasteiger partial charge in [-0.25, -0.2) is 4.79 Å². The van der Waals surface area contributed by atoms with Crippen LogP contribution in [0.15, 0.2) is 42.5 Å². The van der Waals surface area contributed by atoms with Crippen LogP contribution in [0.25, 0.3) is 0 Å². The number of ether oxygens (including phenoxy) is 2. The smallest absolute Gasteiger partial charge is 0.337 e. The predicted octanol–water partition coefficient (Wildman–Crippen LogP) is 2.84. The highest BCUT2D eigenvalue weighted by atomic mass is 16.5. The van der Waals surface area contributed by atoms with Gasteiger partial charge in [-0.15, -0.1) is 0 Å². The molecule has 5 nitrogen and oxygen atoms in total. The Bertz CT molecular complexity index is 689. The molecule has 0 amide bonds. The van der Waals surface area contributed by atoms with E-state index in [1.54, 1.807) is 0 Å². The van der Waals surface area contributed by atoms with Crippen molar-refractivity contribution in [1.29, 1.82) is 5.26 Å². The van der Waals surface area contributed by atoms with Crippen LogP contribution in [0.1, 0.15) is 21.5 Å². The number of carboxylic acids is 1. The summed E-state index contributed by atoms with van der Waals surface area (Å²) in [5.41, 5.74) is 0.869. The fourth-order valence-electron chi connectivity index (χ4n) is 1.84. The molecule has 0 bridgehead atoms. The van der Waals surface area contributed by atoms with Crippen molar-refractivity contribution in [3.05, 3.63) is 59.2 Å². The zero-order valence-corrected chi connectivity index (χ0v) is 11.4. The van der Waals surface area contributed by atoms with Gasteiger partial charge < -0.3 is 14.6 Å². The average Bonchev–Trinajstić information content (AvgIpc) is 2.52. The van der Waals surface area contributed by atoms with Gasteiger partial charge in [-0.3, -0.25) is 0 Å². The van der Waals surface area contributed by atoms with Crippen LogP contribution in [-0.2, 0) is 6.61 Å². The topological polar surface area (TPSA) is 79.5 Å². The average molecular weight is 283 g/mol. The first-order chi connectivity index (χ1) is 10.2. The molecule has 0 heterocycles. The summed E-state index contributed by atoms with van der Waals surface area (Å²) in [6, 6.07) is 14.0. The molecule has 0 aliphatic carbocycles. The summed E-state index contributed by atoms with van der Waals surface area (Å²) >= 11 is 0. The van der Waals surface area contributed by atoms with E-state index >= 15 is 0 Å². The van der Waals surface area contributed by atoms with Gasteiger partial charge in [-0.2, -0.15) is 5.26 Å². The first-order valence-corrected chi connectivity index (χ1v) is 6.18. The molecule has 0 saturated carbocycles. The number of rotatable bonds is 5. The second kappa shape index (κ2) is 6.44. The van der Waals surface area contributed by atoms with Crippen LogP contribution < -0.4 is 9.47 Å². The Hall–Kier alpha value is -3.00. The van der Waals surface area contributed by atoms with Gasteiger partial charge in [0.15, 0.2) is 11.5 Å². The van der Waals surface area contributed by atoms with Crippen molar-refractivity contribution in [3.63, 3.8) is 0 Å². The molecule has 2 rings (SSSR count). The molecule has 2 aromatic carbocycles. The van der Waals surface area contributed by atoms with Crippen molar-refractivity contribution in [1.82, 2.24) is 0 Å². The van der Waals surface area contributed by atoms with Crippen molar-refractivity contribution in [2.24, 2.45) is 0 Å². The third-order valence-electron chi connectivity index (χ3n) is 2.89. The molecule has 0 aliphatic rings. The third kappa shape index (κ3) is 3.31. The summed E-state index contributed by atoms with van der Waals surface area (Å²) in [4.78, 5) is 11.2. The SMILES string of the molecule is COc1cc(C#N)c(C(=O)O)cc1OCc1ccccc1. The van der Waals surface area contributed by atoms with Gasteiger partial charge in [0.25, 0.3) is 0 Å². The van der Waals surface area contributed by atoms with Crippen LogP contribution in [0.4, 0.5) is 0 Å². The molecule has 2 aromatic rings. The van der Waals surface area contributed by atoms with Gasteiger partial charge in [-0.05, 0) is 11.6 Å². The van der Waals surface area contributed by atoms with E-state index in [0.29, 0.717) is 5.75 Å². The Balaban J connectivity index is 2.32. The van der Waals surface area contributed by atoms with E-state index in [1.165, 1.54) is 19.2 Å². The van der Waals surface area contributed by atoms with Gasteiger partial charge >= 0.3 is 5.97 Å². The quantitative estimate of drug-likeness (QED) is 0.912. The van der Waals surface area contributed by atoms with E-state index in [9.17, 15) is 4.79 Å². The van der Waals surface area contributed by atoms with E-state index in [2.05, 4.69) is 0 Å². The van der Waals surface area contributed by atoms with Gasteiger partial charge in [0.05, 0.1) is 18.2 Å². The number of nitrogens with zero attached hydrogens (tertiary/aromatic N) is 1.